The van der Waals surface area contributed by atoms with Crippen molar-refractivity contribution < 1.29 is 14.6 Å². The Morgan fingerprint density at radius 3 is 2.94 bits per heavy atom. The summed E-state index contributed by atoms with van der Waals surface area (Å²) in [6.45, 7) is 4.32. The molecule has 4 atom stereocenters. The van der Waals surface area contributed by atoms with E-state index < -0.39 is 0 Å². The molecule has 3 nitrogen and oxygen atoms in total. The highest BCUT2D eigenvalue weighted by Crippen LogP contribution is 2.39. The Balaban J connectivity index is 2.12. The van der Waals surface area contributed by atoms with Crippen LogP contribution in [-0.2, 0) is 9.53 Å². The van der Waals surface area contributed by atoms with Crippen molar-refractivity contribution in [2.75, 3.05) is 6.61 Å². The molecule has 2 rings (SSSR count). The third kappa shape index (κ3) is 2.01. The van der Waals surface area contributed by atoms with E-state index in [0.29, 0.717) is 11.8 Å². The molecule has 1 heterocycles. The van der Waals surface area contributed by atoms with Crippen molar-refractivity contribution in [3.05, 3.63) is 11.6 Å². The standard InChI is InChI=1S/C13H20O3/c1-8-7-12-11(9(2)13(15)16-12)4-3-10(8)5-6-14/h3,8-9,11-12,14H,4-7H2,1-2H3. The molecule has 1 fully saturated rings. The minimum atomic E-state index is -0.0405. The number of carbonyl (C=O) groups excluding carboxylic acids is 1. The summed E-state index contributed by atoms with van der Waals surface area (Å²) >= 11 is 0. The van der Waals surface area contributed by atoms with Crippen LogP contribution in [0.4, 0.5) is 0 Å². The summed E-state index contributed by atoms with van der Waals surface area (Å²) in [5, 5.41) is 9.00. The van der Waals surface area contributed by atoms with Gasteiger partial charge in [-0.1, -0.05) is 25.5 Å². The number of fused-ring (bicyclic) bond motifs is 1. The van der Waals surface area contributed by atoms with E-state index in [0.717, 1.165) is 19.3 Å². The van der Waals surface area contributed by atoms with Gasteiger partial charge in [-0.2, -0.15) is 0 Å². The van der Waals surface area contributed by atoms with E-state index in [2.05, 4.69) is 13.0 Å². The third-order valence-electron chi connectivity index (χ3n) is 4.03. The number of rotatable bonds is 2. The van der Waals surface area contributed by atoms with Crippen LogP contribution in [0, 0.1) is 17.8 Å². The number of hydrogen-bond acceptors (Lipinski definition) is 3. The molecule has 0 radical (unpaired) electrons. The first-order valence-corrected chi connectivity index (χ1v) is 6.13. The Kier molecular flexibility index (Phi) is 3.33. The molecular formula is C13H20O3. The van der Waals surface area contributed by atoms with Crippen molar-refractivity contribution in [3.8, 4) is 0 Å². The first kappa shape index (κ1) is 11.6. The highest BCUT2D eigenvalue weighted by molar-refractivity contribution is 5.74. The molecule has 0 amide bonds. The summed E-state index contributed by atoms with van der Waals surface area (Å²) in [7, 11) is 0. The van der Waals surface area contributed by atoms with E-state index >= 15 is 0 Å². The first-order valence-electron chi connectivity index (χ1n) is 6.13. The number of aliphatic hydroxyl groups excluding tert-OH is 1. The molecule has 0 aromatic heterocycles. The molecule has 3 heteroatoms. The molecule has 0 spiro atoms. The van der Waals surface area contributed by atoms with Crippen LogP contribution in [0.5, 0.6) is 0 Å². The SMILES string of the molecule is CC1CC2OC(=O)C(C)C2CC=C1CCO. The van der Waals surface area contributed by atoms with Crippen LogP contribution in [0.15, 0.2) is 11.6 Å². The summed E-state index contributed by atoms with van der Waals surface area (Å²) in [5.74, 6) is 0.745. The van der Waals surface area contributed by atoms with Gasteiger partial charge in [-0.15, -0.1) is 0 Å². The molecule has 1 saturated heterocycles. The van der Waals surface area contributed by atoms with E-state index in [1.807, 2.05) is 6.92 Å². The van der Waals surface area contributed by atoms with E-state index in [9.17, 15) is 4.79 Å². The fraction of sp³-hybridized carbons (Fsp3) is 0.769. The Bertz CT molecular complexity index is 308. The van der Waals surface area contributed by atoms with Gasteiger partial charge >= 0.3 is 5.97 Å². The van der Waals surface area contributed by atoms with Gasteiger partial charge in [-0.25, -0.2) is 0 Å². The summed E-state index contributed by atoms with van der Waals surface area (Å²) in [5.41, 5.74) is 1.32. The molecule has 16 heavy (non-hydrogen) atoms. The van der Waals surface area contributed by atoms with Crippen LogP contribution in [0.1, 0.15) is 33.1 Å². The van der Waals surface area contributed by atoms with Crippen molar-refractivity contribution in [2.24, 2.45) is 17.8 Å². The fourth-order valence-corrected chi connectivity index (χ4v) is 2.89. The van der Waals surface area contributed by atoms with Crippen LogP contribution in [-0.4, -0.2) is 23.8 Å². The number of carbonyl (C=O) groups is 1. The predicted molar refractivity (Wildman–Crippen MR) is 60.7 cm³/mol. The summed E-state index contributed by atoms with van der Waals surface area (Å²) < 4.78 is 5.42. The number of esters is 1. The van der Waals surface area contributed by atoms with Gasteiger partial charge in [0.25, 0.3) is 0 Å². The average Bonchev–Trinajstić information content (AvgIpc) is 2.42. The second-order valence-electron chi connectivity index (χ2n) is 5.05. The fourth-order valence-electron chi connectivity index (χ4n) is 2.89. The molecule has 0 saturated carbocycles. The van der Waals surface area contributed by atoms with Crippen molar-refractivity contribution in [3.63, 3.8) is 0 Å². The van der Waals surface area contributed by atoms with Gasteiger partial charge in [-0.05, 0) is 25.2 Å². The molecule has 2 aliphatic rings. The van der Waals surface area contributed by atoms with Crippen molar-refractivity contribution in [1.82, 2.24) is 0 Å². The van der Waals surface area contributed by atoms with E-state index in [-0.39, 0.29) is 24.6 Å². The van der Waals surface area contributed by atoms with E-state index in [1.165, 1.54) is 5.57 Å². The minimum Gasteiger partial charge on any atom is -0.462 e. The lowest BCUT2D eigenvalue weighted by molar-refractivity contribution is -0.144. The highest BCUT2D eigenvalue weighted by atomic mass is 16.6. The second-order valence-corrected chi connectivity index (χ2v) is 5.05. The first-order chi connectivity index (χ1) is 7.63. The van der Waals surface area contributed by atoms with Crippen LogP contribution in [0.3, 0.4) is 0 Å². The summed E-state index contributed by atoms with van der Waals surface area (Å²) in [6, 6.07) is 0. The zero-order valence-corrected chi connectivity index (χ0v) is 9.98. The highest BCUT2D eigenvalue weighted by Gasteiger charge is 2.42. The normalized spacial score (nSPS) is 38.7. The van der Waals surface area contributed by atoms with Crippen LogP contribution in [0.25, 0.3) is 0 Å². The van der Waals surface area contributed by atoms with Gasteiger partial charge in [0.05, 0.1) is 5.92 Å². The zero-order valence-electron chi connectivity index (χ0n) is 9.98. The largest absolute Gasteiger partial charge is 0.462 e. The lowest BCUT2D eigenvalue weighted by Crippen LogP contribution is -2.19. The number of hydrogen-bond donors (Lipinski definition) is 1. The van der Waals surface area contributed by atoms with Crippen molar-refractivity contribution in [1.29, 1.82) is 0 Å². The average molecular weight is 224 g/mol. The van der Waals surface area contributed by atoms with Gasteiger partial charge in [0.2, 0.25) is 0 Å². The second kappa shape index (κ2) is 4.58. The number of aliphatic hydroxyl groups is 1. The molecule has 1 aliphatic carbocycles. The molecule has 1 aliphatic heterocycles. The lowest BCUT2D eigenvalue weighted by atomic mass is 9.87. The quantitative estimate of drug-likeness (QED) is 0.575. The summed E-state index contributed by atoms with van der Waals surface area (Å²) in [4.78, 5) is 11.5. The van der Waals surface area contributed by atoms with Crippen molar-refractivity contribution in [2.45, 2.75) is 39.2 Å². The molecule has 1 N–H and O–H groups in total. The number of ether oxygens (including phenoxy) is 1. The monoisotopic (exact) mass is 224 g/mol. The van der Waals surface area contributed by atoms with Crippen molar-refractivity contribution >= 4 is 5.97 Å². The topological polar surface area (TPSA) is 46.5 Å². The van der Waals surface area contributed by atoms with Crippen LogP contribution < -0.4 is 0 Å². The maximum Gasteiger partial charge on any atom is 0.309 e. The van der Waals surface area contributed by atoms with Gasteiger partial charge in [0.15, 0.2) is 0 Å². The summed E-state index contributed by atoms with van der Waals surface area (Å²) in [6.07, 6.45) is 4.88. The van der Waals surface area contributed by atoms with E-state index in [4.69, 9.17) is 9.84 Å². The minimum absolute atomic E-state index is 0.0296. The molecule has 0 bridgehead atoms. The Morgan fingerprint density at radius 2 is 2.25 bits per heavy atom. The Hall–Kier alpha value is -0.830. The maximum absolute atomic E-state index is 11.5. The van der Waals surface area contributed by atoms with Gasteiger partial charge in [0.1, 0.15) is 6.10 Å². The smallest absolute Gasteiger partial charge is 0.309 e. The Morgan fingerprint density at radius 1 is 1.50 bits per heavy atom. The molecule has 0 aromatic rings. The molecule has 90 valence electrons. The maximum atomic E-state index is 11.5. The van der Waals surface area contributed by atoms with Gasteiger partial charge < -0.3 is 9.84 Å². The van der Waals surface area contributed by atoms with Crippen LogP contribution >= 0.6 is 0 Å². The predicted octanol–water partition coefficient (Wildman–Crippen LogP) is 1.90. The van der Waals surface area contributed by atoms with E-state index in [1.54, 1.807) is 0 Å². The molecule has 4 unspecified atom stereocenters. The van der Waals surface area contributed by atoms with Gasteiger partial charge in [-0.3, -0.25) is 4.79 Å². The zero-order chi connectivity index (χ0) is 11.7. The lowest BCUT2D eigenvalue weighted by Gasteiger charge is -2.18. The number of allylic oxidation sites excluding steroid dienone is 1. The van der Waals surface area contributed by atoms with Gasteiger partial charge in [0, 0.05) is 12.5 Å². The molecule has 0 aromatic carbocycles. The molecular weight excluding hydrogens is 204 g/mol. The van der Waals surface area contributed by atoms with Crippen LogP contribution in [0.2, 0.25) is 0 Å². The third-order valence-corrected chi connectivity index (χ3v) is 4.03. The Labute approximate surface area is 96.5 Å².